The standard InChI is InChI=1S/C19H17ClN6/c20-13-7-11(4-5-14(13)21)24-19-12-8-17-16(9-15(12)22-10-23-19)25-18-3-1-2-6-26(17)18/h4-5,7-10H,1-3,6,21H2,(H,22,23,24). The van der Waals surface area contributed by atoms with Crippen molar-refractivity contribution < 1.29 is 0 Å². The molecule has 130 valence electrons. The van der Waals surface area contributed by atoms with E-state index in [0.29, 0.717) is 10.7 Å². The second-order valence-electron chi connectivity index (χ2n) is 6.58. The Morgan fingerprint density at radius 3 is 2.88 bits per heavy atom. The summed E-state index contributed by atoms with van der Waals surface area (Å²) in [5.74, 6) is 1.90. The van der Waals surface area contributed by atoms with Gasteiger partial charge in [0.2, 0.25) is 0 Å². The molecule has 0 fully saturated rings. The molecular weight excluding hydrogens is 348 g/mol. The number of hydrogen-bond acceptors (Lipinski definition) is 5. The maximum Gasteiger partial charge on any atom is 0.141 e. The molecule has 5 rings (SSSR count). The van der Waals surface area contributed by atoms with Crippen molar-refractivity contribution in [2.45, 2.75) is 25.8 Å². The quantitative estimate of drug-likeness (QED) is 0.518. The highest BCUT2D eigenvalue weighted by atomic mass is 35.5. The SMILES string of the molecule is Nc1ccc(Nc2ncnc3cc4nc5n(c4cc23)CCCC5)cc1Cl. The van der Waals surface area contributed by atoms with E-state index in [4.69, 9.17) is 22.3 Å². The van der Waals surface area contributed by atoms with Crippen LogP contribution in [0.5, 0.6) is 0 Å². The van der Waals surface area contributed by atoms with Crippen molar-refractivity contribution in [1.29, 1.82) is 0 Å². The van der Waals surface area contributed by atoms with Gasteiger partial charge in [0.15, 0.2) is 0 Å². The number of aryl methyl sites for hydroxylation is 2. The van der Waals surface area contributed by atoms with Crippen LogP contribution in [0.25, 0.3) is 21.9 Å². The van der Waals surface area contributed by atoms with Crippen LogP contribution in [0.15, 0.2) is 36.7 Å². The molecule has 7 heteroatoms. The van der Waals surface area contributed by atoms with Gasteiger partial charge >= 0.3 is 0 Å². The van der Waals surface area contributed by atoms with E-state index in [-0.39, 0.29) is 0 Å². The summed E-state index contributed by atoms with van der Waals surface area (Å²) < 4.78 is 2.31. The lowest BCUT2D eigenvalue weighted by atomic mass is 10.1. The number of anilines is 3. The molecule has 0 amide bonds. The van der Waals surface area contributed by atoms with Gasteiger partial charge in [-0.15, -0.1) is 0 Å². The maximum absolute atomic E-state index is 6.13. The van der Waals surface area contributed by atoms with E-state index in [2.05, 4.69) is 25.9 Å². The summed E-state index contributed by atoms with van der Waals surface area (Å²) in [5, 5.41) is 4.81. The van der Waals surface area contributed by atoms with Gasteiger partial charge in [-0.3, -0.25) is 0 Å². The Morgan fingerprint density at radius 1 is 1.08 bits per heavy atom. The molecule has 0 aliphatic carbocycles. The van der Waals surface area contributed by atoms with Gasteiger partial charge in [-0.25, -0.2) is 15.0 Å². The van der Waals surface area contributed by atoms with Crippen LogP contribution in [-0.4, -0.2) is 19.5 Å². The van der Waals surface area contributed by atoms with Gasteiger partial charge in [0, 0.05) is 24.0 Å². The smallest absolute Gasteiger partial charge is 0.141 e. The van der Waals surface area contributed by atoms with Crippen LogP contribution in [0.1, 0.15) is 18.7 Å². The van der Waals surface area contributed by atoms with Gasteiger partial charge in [-0.2, -0.15) is 0 Å². The number of halogens is 1. The lowest BCUT2D eigenvalue weighted by molar-refractivity contribution is 0.533. The summed E-state index contributed by atoms with van der Waals surface area (Å²) in [5.41, 5.74) is 10.2. The Balaban J connectivity index is 1.66. The summed E-state index contributed by atoms with van der Waals surface area (Å²) in [6, 6.07) is 9.63. The van der Waals surface area contributed by atoms with Crippen LogP contribution in [0, 0.1) is 0 Å². The molecule has 0 saturated heterocycles. The molecule has 6 nitrogen and oxygen atoms in total. The average Bonchev–Trinajstić information content (AvgIpc) is 3.01. The molecule has 4 aromatic rings. The van der Waals surface area contributed by atoms with E-state index in [1.165, 1.54) is 12.8 Å². The number of rotatable bonds is 2. The van der Waals surface area contributed by atoms with Crippen LogP contribution < -0.4 is 11.1 Å². The van der Waals surface area contributed by atoms with Crippen LogP contribution in [0.3, 0.4) is 0 Å². The van der Waals surface area contributed by atoms with Gasteiger partial charge < -0.3 is 15.6 Å². The molecule has 2 aromatic carbocycles. The number of nitrogens with two attached hydrogens (primary N) is 1. The second kappa shape index (κ2) is 5.85. The minimum Gasteiger partial charge on any atom is -0.398 e. The third-order valence-electron chi connectivity index (χ3n) is 4.88. The van der Waals surface area contributed by atoms with Gasteiger partial charge in [-0.05, 0) is 43.2 Å². The molecule has 1 aliphatic rings. The van der Waals surface area contributed by atoms with Crippen molar-refractivity contribution in [3.63, 3.8) is 0 Å². The number of fused-ring (bicyclic) bond motifs is 4. The molecular formula is C19H17ClN6. The minimum absolute atomic E-state index is 0.514. The normalized spacial score (nSPS) is 13.9. The number of benzene rings is 2. The Labute approximate surface area is 155 Å². The van der Waals surface area contributed by atoms with E-state index >= 15 is 0 Å². The molecule has 26 heavy (non-hydrogen) atoms. The zero-order valence-corrected chi connectivity index (χ0v) is 14.8. The largest absolute Gasteiger partial charge is 0.398 e. The maximum atomic E-state index is 6.13. The number of hydrogen-bond donors (Lipinski definition) is 2. The Bertz CT molecular complexity index is 1150. The lowest BCUT2D eigenvalue weighted by Crippen LogP contribution is -2.09. The number of nitrogen functional groups attached to an aromatic ring is 1. The summed E-state index contributed by atoms with van der Waals surface area (Å²) in [4.78, 5) is 13.6. The number of imidazole rings is 1. The molecule has 1 aliphatic heterocycles. The molecule has 0 saturated carbocycles. The van der Waals surface area contributed by atoms with Crippen molar-refractivity contribution in [1.82, 2.24) is 19.5 Å². The molecule has 3 heterocycles. The third-order valence-corrected chi connectivity index (χ3v) is 5.21. The Morgan fingerprint density at radius 2 is 2.00 bits per heavy atom. The van der Waals surface area contributed by atoms with Crippen LogP contribution >= 0.6 is 11.6 Å². The highest BCUT2D eigenvalue weighted by Gasteiger charge is 2.16. The van der Waals surface area contributed by atoms with E-state index in [9.17, 15) is 0 Å². The molecule has 0 unspecified atom stereocenters. The van der Waals surface area contributed by atoms with Crippen molar-refractivity contribution in [2.24, 2.45) is 0 Å². The topological polar surface area (TPSA) is 81.7 Å². The van der Waals surface area contributed by atoms with Crippen molar-refractivity contribution in [3.8, 4) is 0 Å². The Hall–Kier alpha value is -2.86. The first-order valence-corrected chi connectivity index (χ1v) is 9.03. The first kappa shape index (κ1) is 15.4. The van der Waals surface area contributed by atoms with Crippen molar-refractivity contribution >= 4 is 50.7 Å². The van der Waals surface area contributed by atoms with Crippen LogP contribution in [-0.2, 0) is 13.0 Å². The predicted octanol–water partition coefficient (Wildman–Crippen LogP) is 4.30. The zero-order valence-electron chi connectivity index (χ0n) is 14.0. The van der Waals surface area contributed by atoms with E-state index < -0.39 is 0 Å². The zero-order chi connectivity index (χ0) is 17.7. The van der Waals surface area contributed by atoms with Gasteiger partial charge in [-0.1, -0.05) is 11.6 Å². The number of nitrogens with zero attached hydrogens (tertiary/aromatic N) is 4. The highest BCUT2D eigenvalue weighted by Crippen LogP contribution is 2.31. The molecule has 0 radical (unpaired) electrons. The fourth-order valence-corrected chi connectivity index (χ4v) is 3.74. The monoisotopic (exact) mass is 364 g/mol. The number of nitrogens with one attached hydrogen (secondary N) is 1. The molecule has 3 N–H and O–H groups in total. The van der Waals surface area contributed by atoms with E-state index in [0.717, 1.165) is 52.2 Å². The average molecular weight is 365 g/mol. The summed E-state index contributed by atoms with van der Waals surface area (Å²) in [6.45, 7) is 1.02. The van der Waals surface area contributed by atoms with Crippen molar-refractivity contribution in [3.05, 3.63) is 47.5 Å². The first-order valence-electron chi connectivity index (χ1n) is 8.65. The van der Waals surface area contributed by atoms with Gasteiger partial charge in [0.25, 0.3) is 0 Å². The second-order valence-corrected chi connectivity index (χ2v) is 6.99. The highest BCUT2D eigenvalue weighted by molar-refractivity contribution is 6.33. The summed E-state index contributed by atoms with van der Waals surface area (Å²) >= 11 is 6.13. The fourth-order valence-electron chi connectivity index (χ4n) is 3.56. The third kappa shape index (κ3) is 2.45. The molecule has 0 spiro atoms. The van der Waals surface area contributed by atoms with E-state index in [1.807, 2.05) is 12.1 Å². The summed E-state index contributed by atoms with van der Waals surface area (Å²) in [7, 11) is 0. The lowest BCUT2D eigenvalue weighted by Gasteiger charge is -2.14. The summed E-state index contributed by atoms with van der Waals surface area (Å²) in [6.07, 6.45) is 4.99. The van der Waals surface area contributed by atoms with Crippen LogP contribution in [0.2, 0.25) is 5.02 Å². The van der Waals surface area contributed by atoms with Gasteiger partial charge in [0.1, 0.15) is 18.0 Å². The van der Waals surface area contributed by atoms with Crippen LogP contribution in [0.4, 0.5) is 17.2 Å². The number of aromatic nitrogens is 4. The first-order chi connectivity index (χ1) is 12.7. The molecule has 0 bridgehead atoms. The van der Waals surface area contributed by atoms with Crippen molar-refractivity contribution in [2.75, 3.05) is 11.1 Å². The minimum atomic E-state index is 0.514. The van der Waals surface area contributed by atoms with Gasteiger partial charge in [0.05, 0.1) is 27.3 Å². The Kier molecular flexibility index (Phi) is 3.46. The van der Waals surface area contributed by atoms with E-state index in [1.54, 1.807) is 18.5 Å². The molecule has 2 aromatic heterocycles. The molecule has 0 atom stereocenters. The predicted molar refractivity (Wildman–Crippen MR) is 105 cm³/mol. The fraction of sp³-hybridized carbons (Fsp3) is 0.211.